The number of nitriles is 1. The van der Waals surface area contributed by atoms with Crippen LogP contribution in [0, 0.1) is 18.3 Å². The minimum Gasteiger partial charge on any atom is -0.420 e. The molecule has 0 radical (unpaired) electrons. The lowest BCUT2D eigenvalue weighted by molar-refractivity contribution is -0.141. The summed E-state index contributed by atoms with van der Waals surface area (Å²) in [5.41, 5.74) is -0.574. The first-order valence-electron chi connectivity index (χ1n) is 5.48. The van der Waals surface area contributed by atoms with Crippen LogP contribution in [-0.4, -0.2) is 14.8 Å². The van der Waals surface area contributed by atoms with Crippen molar-refractivity contribution in [3.05, 3.63) is 35.2 Å². The highest BCUT2D eigenvalue weighted by Gasteiger charge is 2.33. The second kappa shape index (κ2) is 4.85. The third kappa shape index (κ3) is 2.71. The molecule has 0 fully saturated rings. The predicted molar refractivity (Wildman–Crippen MR) is 62.0 cm³/mol. The van der Waals surface area contributed by atoms with E-state index in [1.807, 2.05) is 0 Å². The summed E-state index contributed by atoms with van der Waals surface area (Å²) in [6.07, 6.45) is -4.60. The average Bonchev–Trinajstić information content (AvgIpc) is 2.66. The maximum Gasteiger partial charge on any atom is 0.433 e. The summed E-state index contributed by atoms with van der Waals surface area (Å²) in [5.74, 6) is -0.198. The summed E-state index contributed by atoms with van der Waals surface area (Å²) < 4.78 is 44.4. The Labute approximate surface area is 112 Å². The Morgan fingerprint density at radius 2 is 2.05 bits per heavy atom. The van der Waals surface area contributed by atoms with Crippen molar-refractivity contribution in [1.82, 2.24) is 14.8 Å². The molecule has 2 rings (SSSR count). The molecule has 2 heterocycles. The Bertz CT molecular complexity index is 685. The summed E-state index contributed by atoms with van der Waals surface area (Å²) in [7, 11) is 1.57. The van der Waals surface area contributed by atoms with E-state index in [9.17, 15) is 13.2 Å². The van der Waals surface area contributed by atoms with Crippen molar-refractivity contribution in [3.63, 3.8) is 0 Å². The van der Waals surface area contributed by atoms with Crippen LogP contribution in [0.25, 0.3) is 0 Å². The third-order valence-corrected chi connectivity index (χ3v) is 2.43. The van der Waals surface area contributed by atoms with Crippen LogP contribution < -0.4 is 4.74 Å². The molecule has 0 aromatic carbocycles. The van der Waals surface area contributed by atoms with Crippen LogP contribution in [0.2, 0.25) is 0 Å². The number of hydrogen-bond donors (Lipinski definition) is 0. The van der Waals surface area contributed by atoms with Crippen molar-refractivity contribution in [2.45, 2.75) is 13.1 Å². The lowest BCUT2D eigenvalue weighted by atomic mass is 10.2. The molecule has 0 aliphatic rings. The van der Waals surface area contributed by atoms with Crippen LogP contribution >= 0.6 is 0 Å². The Hall–Kier alpha value is -2.56. The van der Waals surface area contributed by atoms with Gasteiger partial charge in [-0.25, -0.2) is 9.67 Å². The fraction of sp³-hybridized carbons (Fsp3) is 0.250. The van der Waals surface area contributed by atoms with Gasteiger partial charge in [0.15, 0.2) is 0 Å². The largest absolute Gasteiger partial charge is 0.433 e. The van der Waals surface area contributed by atoms with Gasteiger partial charge in [0.05, 0.1) is 5.69 Å². The van der Waals surface area contributed by atoms with Gasteiger partial charge in [-0.2, -0.15) is 23.5 Å². The van der Waals surface area contributed by atoms with E-state index in [4.69, 9.17) is 10.00 Å². The molecule has 8 heteroatoms. The van der Waals surface area contributed by atoms with Crippen molar-refractivity contribution < 1.29 is 17.9 Å². The molecule has 2 aromatic heterocycles. The fourth-order valence-electron chi connectivity index (χ4n) is 1.54. The van der Waals surface area contributed by atoms with Gasteiger partial charge in [-0.05, 0) is 19.1 Å². The quantitative estimate of drug-likeness (QED) is 0.849. The van der Waals surface area contributed by atoms with Crippen molar-refractivity contribution in [2.24, 2.45) is 7.05 Å². The topological polar surface area (TPSA) is 63.7 Å². The first-order valence-corrected chi connectivity index (χ1v) is 5.48. The molecule has 0 aliphatic heterocycles. The van der Waals surface area contributed by atoms with E-state index in [0.29, 0.717) is 5.69 Å². The van der Waals surface area contributed by atoms with Gasteiger partial charge >= 0.3 is 6.18 Å². The van der Waals surface area contributed by atoms with Crippen LogP contribution in [0.15, 0.2) is 18.2 Å². The van der Waals surface area contributed by atoms with Gasteiger partial charge in [-0.3, -0.25) is 0 Å². The standard InChI is InChI=1S/C12H9F3N4O/c1-7-5-10(19(2)18-7)20-11-8(6-16)3-4-9(17-11)12(13,14)15/h3-5H,1-2H3. The molecule has 0 N–H and O–H groups in total. The summed E-state index contributed by atoms with van der Waals surface area (Å²) in [4.78, 5) is 3.35. The normalized spacial score (nSPS) is 11.2. The van der Waals surface area contributed by atoms with Crippen LogP contribution in [0.1, 0.15) is 17.0 Å². The molecular formula is C12H9F3N4O. The second-order valence-electron chi connectivity index (χ2n) is 4.01. The molecule has 5 nitrogen and oxygen atoms in total. The van der Waals surface area contributed by atoms with E-state index in [2.05, 4.69) is 10.1 Å². The third-order valence-electron chi connectivity index (χ3n) is 2.43. The van der Waals surface area contributed by atoms with Gasteiger partial charge in [0.2, 0.25) is 11.8 Å². The molecule has 0 spiro atoms. The molecule has 0 saturated heterocycles. The van der Waals surface area contributed by atoms with Gasteiger partial charge in [0.25, 0.3) is 0 Å². The molecule has 0 atom stereocenters. The van der Waals surface area contributed by atoms with Crippen molar-refractivity contribution in [2.75, 3.05) is 0 Å². The number of nitrogens with zero attached hydrogens (tertiary/aromatic N) is 4. The molecule has 104 valence electrons. The van der Waals surface area contributed by atoms with E-state index in [1.54, 1.807) is 20.0 Å². The second-order valence-corrected chi connectivity index (χ2v) is 4.01. The van der Waals surface area contributed by atoms with Gasteiger partial charge in [0.1, 0.15) is 17.3 Å². The SMILES string of the molecule is Cc1cc(Oc2nc(C(F)(F)F)ccc2C#N)n(C)n1. The van der Waals surface area contributed by atoms with Crippen molar-refractivity contribution in [1.29, 1.82) is 5.26 Å². The molecule has 0 amide bonds. The molecule has 2 aromatic rings. The number of aryl methyl sites for hydroxylation is 2. The van der Waals surface area contributed by atoms with Crippen LogP contribution in [-0.2, 0) is 13.2 Å². The Morgan fingerprint density at radius 1 is 1.35 bits per heavy atom. The number of halogens is 3. The highest BCUT2D eigenvalue weighted by molar-refractivity contribution is 5.41. The number of ether oxygens (including phenoxy) is 1. The van der Waals surface area contributed by atoms with Gasteiger partial charge < -0.3 is 4.74 Å². The molecule has 20 heavy (non-hydrogen) atoms. The number of alkyl halides is 3. The predicted octanol–water partition coefficient (Wildman–Crippen LogP) is 2.81. The van der Waals surface area contributed by atoms with Crippen LogP contribution in [0.4, 0.5) is 13.2 Å². The fourth-order valence-corrected chi connectivity index (χ4v) is 1.54. The monoisotopic (exact) mass is 282 g/mol. The maximum absolute atomic E-state index is 12.6. The Morgan fingerprint density at radius 3 is 2.55 bits per heavy atom. The maximum atomic E-state index is 12.6. The van der Waals surface area contributed by atoms with Crippen LogP contribution in [0.5, 0.6) is 11.8 Å². The molecule has 0 saturated carbocycles. The van der Waals surface area contributed by atoms with Crippen molar-refractivity contribution >= 4 is 0 Å². The number of rotatable bonds is 2. The van der Waals surface area contributed by atoms with Gasteiger partial charge in [-0.1, -0.05) is 0 Å². The zero-order chi connectivity index (χ0) is 14.9. The average molecular weight is 282 g/mol. The first kappa shape index (κ1) is 13.9. The van der Waals surface area contributed by atoms with Gasteiger partial charge in [0, 0.05) is 13.1 Å². The van der Waals surface area contributed by atoms with E-state index >= 15 is 0 Å². The lowest BCUT2D eigenvalue weighted by Crippen LogP contribution is -2.09. The summed E-state index contributed by atoms with van der Waals surface area (Å²) in [6.45, 7) is 1.71. The zero-order valence-corrected chi connectivity index (χ0v) is 10.6. The highest BCUT2D eigenvalue weighted by Crippen LogP contribution is 2.31. The number of hydrogen-bond acceptors (Lipinski definition) is 4. The molecular weight excluding hydrogens is 273 g/mol. The first-order chi connectivity index (χ1) is 9.31. The van der Waals surface area contributed by atoms with E-state index in [0.717, 1.165) is 12.1 Å². The van der Waals surface area contributed by atoms with Gasteiger partial charge in [-0.15, -0.1) is 0 Å². The minimum atomic E-state index is -4.60. The smallest absolute Gasteiger partial charge is 0.420 e. The number of aromatic nitrogens is 3. The van der Waals surface area contributed by atoms with E-state index < -0.39 is 17.8 Å². The lowest BCUT2D eigenvalue weighted by Gasteiger charge is -2.10. The number of pyridine rings is 1. The van der Waals surface area contributed by atoms with Crippen molar-refractivity contribution in [3.8, 4) is 17.8 Å². The summed E-state index contributed by atoms with van der Waals surface area (Å²) in [5, 5.41) is 12.9. The summed E-state index contributed by atoms with van der Waals surface area (Å²) >= 11 is 0. The summed E-state index contributed by atoms with van der Waals surface area (Å²) in [6, 6.07) is 5.03. The zero-order valence-electron chi connectivity index (χ0n) is 10.6. The molecule has 0 aliphatic carbocycles. The van der Waals surface area contributed by atoms with E-state index in [-0.39, 0.29) is 11.4 Å². The Kier molecular flexibility index (Phi) is 3.36. The highest BCUT2D eigenvalue weighted by atomic mass is 19.4. The minimum absolute atomic E-state index is 0.0862. The molecule has 0 unspecified atom stereocenters. The Balaban J connectivity index is 2.44. The van der Waals surface area contributed by atoms with E-state index in [1.165, 1.54) is 10.7 Å². The molecule has 0 bridgehead atoms. The van der Waals surface area contributed by atoms with Crippen LogP contribution in [0.3, 0.4) is 0 Å².